The minimum absolute atomic E-state index is 0.166. The van der Waals surface area contributed by atoms with Crippen molar-refractivity contribution in [2.24, 2.45) is 5.73 Å². The molecule has 1 aromatic heterocycles. The highest BCUT2D eigenvalue weighted by Crippen LogP contribution is 2.29. The molecule has 0 amide bonds. The van der Waals surface area contributed by atoms with Crippen LogP contribution in [0.5, 0.6) is 0 Å². The van der Waals surface area contributed by atoms with Gasteiger partial charge in [0.2, 0.25) is 0 Å². The Labute approximate surface area is 130 Å². The summed E-state index contributed by atoms with van der Waals surface area (Å²) in [5, 5.41) is 0. The fourth-order valence-corrected chi connectivity index (χ4v) is 2.72. The van der Waals surface area contributed by atoms with Gasteiger partial charge in [-0.25, -0.2) is 4.39 Å². The maximum atomic E-state index is 14.4. The van der Waals surface area contributed by atoms with E-state index in [9.17, 15) is 4.39 Å². The summed E-state index contributed by atoms with van der Waals surface area (Å²) < 4.78 is 14.7. The molecule has 0 saturated carbocycles. The van der Waals surface area contributed by atoms with Gasteiger partial charge in [-0.15, -0.1) is 0 Å². The highest BCUT2D eigenvalue weighted by atomic mass is 79.9. The predicted octanol–water partition coefficient (Wildman–Crippen LogP) is 3.25. The van der Waals surface area contributed by atoms with Gasteiger partial charge in [-0.2, -0.15) is 0 Å². The highest BCUT2D eigenvalue weighted by molar-refractivity contribution is 9.10. The van der Waals surface area contributed by atoms with E-state index in [1.54, 1.807) is 24.5 Å². The van der Waals surface area contributed by atoms with Crippen LogP contribution in [0.15, 0.2) is 41.1 Å². The standard InChI is InChI=1S/C14H13BrFN3S/c1-19(8-9-4-6-18-7-5-9)11-3-2-10(14(17)20)12(15)13(11)16/h2-7H,8H2,1H3,(H2,17,20). The van der Waals surface area contributed by atoms with Gasteiger partial charge in [0.1, 0.15) is 4.99 Å². The molecular formula is C14H13BrFN3S. The summed E-state index contributed by atoms with van der Waals surface area (Å²) in [7, 11) is 1.83. The first-order valence-corrected chi connectivity index (χ1v) is 7.08. The maximum absolute atomic E-state index is 14.4. The molecule has 1 aromatic carbocycles. The first-order valence-electron chi connectivity index (χ1n) is 5.88. The molecule has 1 heterocycles. The lowest BCUT2D eigenvalue weighted by Crippen LogP contribution is -2.19. The largest absolute Gasteiger partial charge is 0.389 e. The van der Waals surface area contributed by atoms with Crippen molar-refractivity contribution < 1.29 is 4.39 Å². The van der Waals surface area contributed by atoms with E-state index in [1.807, 2.05) is 24.1 Å². The Bertz CT molecular complexity index is 634. The molecule has 6 heteroatoms. The number of thiocarbonyl (C=S) groups is 1. The summed E-state index contributed by atoms with van der Waals surface area (Å²) in [6, 6.07) is 7.18. The van der Waals surface area contributed by atoms with Crippen LogP contribution < -0.4 is 10.6 Å². The average Bonchev–Trinajstić information content (AvgIpc) is 2.42. The normalized spacial score (nSPS) is 10.3. The molecule has 0 radical (unpaired) electrons. The number of pyridine rings is 1. The summed E-state index contributed by atoms with van der Waals surface area (Å²) in [5.41, 5.74) is 7.58. The monoisotopic (exact) mass is 353 g/mol. The van der Waals surface area contributed by atoms with Gasteiger partial charge in [-0.1, -0.05) is 12.2 Å². The lowest BCUT2D eigenvalue weighted by molar-refractivity contribution is 0.615. The Balaban J connectivity index is 2.29. The number of benzene rings is 1. The first kappa shape index (κ1) is 14.9. The number of hydrogen-bond acceptors (Lipinski definition) is 3. The maximum Gasteiger partial charge on any atom is 0.161 e. The van der Waals surface area contributed by atoms with Crippen molar-refractivity contribution in [3.05, 3.63) is 58.1 Å². The van der Waals surface area contributed by atoms with Gasteiger partial charge in [0.15, 0.2) is 5.82 Å². The molecule has 0 aliphatic heterocycles. The Kier molecular flexibility index (Phi) is 4.67. The number of aromatic nitrogens is 1. The first-order chi connectivity index (χ1) is 9.50. The number of halogens is 2. The Morgan fingerprint density at radius 3 is 2.60 bits per heavy atom. The van der Waals surface area contributed by atoms with Crippen molar-refractivity contribution in [3.8, 4) is 0 Å². The third kappa shape index (κ3) is 3.13. The number of rotatable bonds is 4. The number of hydrogen-bond donors (Lipinski definition) is 1. The molecule has 3 nitrogen and oxygen atoms in total. The number of anilines is 1. The van der Waals surface area contributed by atoms with Gasteiger partial charge in [0.25, 0.3) is 0 Å². The van der Waals surface area contributed by atoms with Gasteiger partial charge in [-0.05, 0) is 45.8 Å². The number of nitrogens with two attached hydrogens (primary N) is 1. The molecule has 2 N–H and O–H groups in total. The second kappa shape index (κ2) is 6.28. The molecule has 0 fully saturated rings. The van der Waals surface area contributed by atoms with Crippen LogP contribution in [0.4, 0.5) is 10.1 Å². The van der Waals surface area contributed by atoms with Crippen LogP contribution in [0.2, 0.25) is 0 Å². The highest BCUT2D eigenvalue weighted by Gasteiger charge is 2.15. The van der Waals surface area contributed by atoms with E-state index in [2.05, 4.69) is 20.9 Å². The summed E-state index contributed by atoms with van der Waals surface area (Å²) in [6.45, 7) is 0.582. The van der Waals surface area contributed by atoms with Gasteiger partial charge in [0, 0.05) is 31.5 Å². The molecule has 104 valence electrons. The molecule has 0 aliphatic rings. The zero-order valence-electron chi connectivity index (χ0n) is 10.8. The zero-order valence-corrected chi connectivity index (χ0v) is 13.2. The van der Waals surface area contributed by atoms with Gasteiger partial charge < -0.3 is 10.6 Å². The Hall–Kier alpha value is -1.53. The van der Waals surface area contributed by atoms with E-state index in [1.165, 1.54) is 0 Å². The van der Waals surface area contributed by atoms with Crippen LogP contribution in [-0.2, 0) is 6.54 Å². The summed E-state index contributed by atoms with van der Waals surface area (Å²) in [4.78, 5) is 5.94. The van der Waals surface area contributed by atoms with Crippen molar-refractivity contribution in [2.75, 3.05) is 11.9 Å². The van der Waals surface area contributed by atoms with E-state index < -0.39 is 0 Å². The van der Waals surface area contributed by atoms with Crippen molar-refractivity contribution in [1.82, 2.24) is 4.98 Å². The molecule has 0 atom stereocenters. The second-order valence-corrected chi connectivity index (χ2v) is 5.57. The van der Waals surface area contributed by atoms with Crippen molar-refractivity contribution in [3.63, 3.8) is 0 Å². The average molecular weight is 354 g/mol. The molecule has 0 aliphatic carbocycles. The second-order valence-electron chi connectivity index (χ2n) is 4.34. The third-order valence-electron chi connectivity index (χ3n) is 2.91. The van der Waals surface area contributed by atoms with Gasteiger partial charge in [0.05, 0.1) is 10.2 Å². The SMILES string of the molecule is CN(Cc1ccncc1)c1ccc(C(N)=S)c(Br)c1F. The quantitative estimate of drug-likeness (QED) is 0.856. The van der Waals surface area contributed by atoms with Crippen LogP contribution >= 0.6 is 28.1 Å². The Morgan fingerprint density at radius 1 is 1.35 bits per heavy atom. The van der Waals surface area contributed by atoms with E-state index in [0.717, 1.165) is 5.56 Å². The summed E-state index contributed by atoms with van der Waals surface area (Å²) in [6.07, 6.45) is 3.43. The lowest BCUT2D eigenvalue weighted by atomic mass is 10.1. The zero-order chi connectivity index (χ0) is 14.7. The van der Waals surface area contributed by atoms with Crippen molar-refractivity contribution in [1.29, 1.82) is 0 Å². The molecular weight excluding hydrogens is 341 g/mol. The van der Waals surface area contributed by atoms with Crippen molar-refractivity contribution >= 4 is 38.8 Å². The molecule has 0 saturated heterocycles. The molecule has 0 unspecified atom stereocenters. The van der Waals surface area contributed by atoms with Crippen LogP contribution in [0.3, 0.4) is 0 Å². The van der Waals surface area contributed by atoms with E-state index in [4.69, 9.17) is 18.0 Å². The molecule has 20 heavy (non-hydrogen) atoms. The fourth-order valence-electron chi connectivity index (χ4n) is 1.87. The minimum Gasteiger partial charge on any atom is -0.389 e. The molecule has 0 spiro atoms. The van der Waals surface area contributed by atoms with Crippen molar-refractivity contribution in [2.45, 2.75) is 6.54 Å². The smallest absolute Gasteiger partial charge is 0.161 e. The summed E-state index contributed by atoms with van der Waals surface area (Å²) in [5.74, 6) is -0.369. The number of nitrogens with zero attached hydrogens (tertiary/aromatic N) is 2. The van der Waals surface area contributed by atoms with Gasteiger partial charge in [-0.3, -0.25) is 4.98 Å². The summed E-state index contributed by atoms with van der Waals surface area (Å²) >= 11 is 8.09. The minimum atomic E-state index is -0.369. The van der Waals surface area contributed by atoms with Crippen LogP contribution in [-0.4, -0.2) is 17.0 Å². The van der Waals surface area contributed by atoms with E-state index >= 15 is 0 Å². The van der Waals surface area contributed by atoms with E-state index in [-0.39, 0.29) is 10.8 Å². The molecule has 2 aromatic rings. The molecule has 0 bridgehead atoms. The lowest BCUT2D eigenvalue weighted by Gasteiger charge is -2.21. The molecule has 2 rings (SSSR count). The predicted molar refractivity (Wildman–Crippen MR) is 86.3 cm³/mol. The third-order valence-corrected chi connectivity index (χ3v) is 3.90. The van der Waals surface area contributed by atoms with Crippen LogP contribution in [0, 0.1) is 5.82 Å². The van der Waals surface area contributed by atoms with Crippen LogP contribution in [0.1, 0.15) is 11.1 Å². The van der Waals surface area contributed by atoms with E-state index in [0.29, 0.717) is 22.3 Å². The Morgan fingerprint density at radius 2 is 2.00 bits per heavy atom. The fraction of sp³-hybridized carbons (Fsp3) is 0.143. The topological polar surface area (TPSA) is 42.2 Å². The van der Waals surface area contributed by atoms with Crippen LogP contribution in [0.25, 0.3) is 0 Å². The van der Waals surface area contributed by atoms with Gasteiger partial charge >= 0.3 is 0 Å².